The Labute approximate surface area is 117 Å². The van der Waals surface area contributed by atoms with Crippen LogP contribution in [0.15, 0.2) is 28.7 Å². The lowest BCUT2D eigenvalue weighted by Crippen LogP contribution is -2.37. The third-order valence-corrected chi connectivity index (χ3v) is 3.97. The number of carbonyl (C=O) groups excluding carboxylic acids is 1. The topological polar surface area (TPSA) is 32.3 Å². The van der Waals surface area contributed by atoms with Crippen LogP contribution < -0.4 is 5.32 Å². The first-order valence-electron chi connectivity index (χ1n) is 6.52. The second-order valence-electron chi connectivity index (χ2n) is 4.64. The molecule has 1 saturated heterocycles. The molecule has 0 aliphatic carbocycles. The maximum Gasteiger partial charge on any atom is 0.252 e. The van der Waals surface area contributed by atoms with E-state index in [1.54, 1.807) is 0 Å². The first-order chi connectivity index (χ1) is 8.77. The predicted octanol–water partition coefficient (Wildman–Crippen LogP) is 2.66. The highest BCUT2D eigenvalue weighted by molar-refractivity contribution is 9.10. The van der Waals surface area contributed by atoms with E-state index in [9.17, 15) is 4.79 Å². The minimum Gasteiger partial charge on any atom is -0.351 e. The lowest BCUT2D eigenvalue weighted by Gasteiger charge is -2.26. The molecule has 1 N–H and O–H groups in total. The third-order valence-electron chi connectivity index (χ3n) is 3.28. The summed E-state index contributed by atoms with van der Waals surface area (Å²) in [5, 5.41) is 2.98. The Hall–Kier alpha value is -0.870. The van der Waals surface area contributed by atoms with Crippen LogP contribution in [-0.4, -0.2) is 37.0 Å². The van der Waals surface area contributed by atoms with Crippen LogP contribution in [0.25, 0.3) is 0 Å². The van der Waals surface area contributed by atoms with Crippen molar-refractivity contribution >= 4 is 21.8 Å². The fourth-order valence-corrected chi connectivity index (χ4v) is 2.72. The number of carbonyl (C=O) groups is 1. The number of hydrogen-bond donors (Lipinski definition) is 1. The summed E-state index contributed by atoms with van der Waals surface area (Å²) in [6, 6.07) is 7.51. The van der Waals surface area contributed by atoms with Gasteiger partial charge in [0.25, 0.3) is 5.91 Å². The minimum absolute atomic E-state index is 0.000477. The van der Waals surface area contributed by atoms with Crippen LogP contribution in [0.3, 0.4) is 0 Å². The molecule has 0 aromatic heterocycles. The first-order valence-corrected chi connectivity index (χ1v) is 7.32. The zero-order chi connectivity index (χ0) is 12.8. The Balaban J connectivity index is 1.76. The number of halogens is 1. The number of amides is 1. The van der Waals surface area contributed by atoms with Crippen molar-refractivity contribution in [1.29, 1.82) is 0 Å². The van der Waals surface area contributed by atoms with Crippen LogP contribution >= 0.6 is 15.9 Å². The molecule has 0 radical (unpaired) electrons. The number of rotatable bonds is 4. The summed E-state index contributed by atoms with van der Waals surface area (Å²) in [5.41, 5.74) is 0.705. The van der Waals surface area contributed by atoms with Crippen LogP contribution in [-0.2, 0) is 0 Å². The van der Waals surface area contributed by atoms with Crippen molar-refractivity contribution in [3.63, 3.8) is 0 Å². The maximum atomic E-state index is 11.9. The summed E-state index contributed by atoms with van der Waals surface area (Å²) in [5.74, 6) is -0.000477. The summed E-state index contributed by atoms with van der Waals surface area (Å²) in [6.45, 7) is 4.02. The standard InChI is InChI=1S/C14H19BrN2O/c15-13-7-3-2-6-12(13)14(18)16-8-11-17-9-4-1-5-10-17/h2-3,6-7H,1,4-5,8-11H2,(H,16,18). The fourth-order valence-electron chi connectivity index (χ4n) is 2.25. The summed E-state index contributed by atoms with van der Waals surface area (Å²) < 4.78 is 0.848. The van der Waals surface area contributed by atoms with E-state index in [0.717, 1.165) is 17.6 Å². The van der Waals surface area contributed by atoms with Crippen molar-refractivity contribution in [3.05, 3.63) is 34.3 Å². The Bertz CT molecular complexity index is 403. The number of piperidine rings is 1. The van der Waals surface area contributed by atoms with E-state index in [4.69, 9.17) is 0 Å². The molecular weight excluding hydrogens is 292 g/mol. The van der Waals surface area contributed by atoms with Gasteiger partial charge in [-0.25, -0.2) is 0 Å². The maximum absolute atomic E-state index is 11.9. The Morgan fingerprint density at radius 3 is 2.67 bits per heavy atom. The molecule has 1 aliphatic heterocycles. The van der Waals surface area contributed by atoms with E-state index in [-0.39, 0.29) is 5.91 Å². The van der Waals surface area contributed by atoms with Gasteiger partial charge in [-0.15, -0.1) is 0 Å². The van der Waals surface area contributed by atoms with Crippen molar-refractivity contribution in [2.75, 3.05) is 26.2 Å². The molecule has 18 heavy (non-hydrogen) atoms. The van der Waals surface area contributed by atoms with Crippen molar-refractivity contribution < 1.29 is 4.79 Å². The molecule has 0 unspecified atom stereocenters. The summed E-state index contributed by atoms with van der Waals surface area (Å²) in [4.78, 5) is 14.4. The second-order valence-corrected chi connectivity index (χ2v) is 5.49. The predicted molar refractivity (Wildman–Crippen MR) is 76.8 cm³/mol. The number of hydrogen-bond acceptors (Lipinski definition) is 2. The van der Waals surface area contributed by atoms with Gasteiger partial charge in [-0.2, -0.15) is 0 Å². The van der Waals surface area contributed by atoms with Gasteiger partial charge in [0.1, 0.15) is 0 Å². The zero-order valence-electron chi connectivity index (χ0n) is 10.5. The number of benzene rings is 1. The van der Waals surface area contributed by atoms with Gasteiger partial charge < -0.3 is 10.2 Å². The van der Waals surface area contributed by atoms with Gasteiger partial charge in [0.2, 0.25) is 0 Å². The van der Waals surface area contributed by atoms with Crippen LogP contribution in [0.5, 0.6) is 0 Å². The van der Waals surface area contributed by atoms with Gasteiger partial charge >= 0.3 is 0 Å². The number of nitrogens with zero attached hydrogens (tertiary/aromatic N) is 1. The lowest BCUT2D eigenvalue weighted by atomic mass is 10.1. The molecular formula is C14H19BrN2O. The van der Waals surface area contributed by atoms with E-state index >= 15 is 0 Å². The molecule has 2 rings (SSSR count). The molecule has 1 amide bonds. The summed E-state index contributed by atoms with van der Waals surface area (Å²) in [7, 11) is 0. The summed E-state index contributed by atoms with van der Waals surface area (Å²) in [6.07, 6.45) is 3.93. The molecule has 0 saturated carbocycles. The molecule has 1 heterocycles. The van der Waals surface area contributed by atoms with Gasteiger partial charge in [-0.3, -0.25) is 4.79 Å². The normalized spacial score (nSPS) is 16.5. The van der Waals surface area contributed by atoms with Crippen molar-refractivity contribution in [3.8, 4) is 0 Å². The molecule has 1 fully saturated rings. The molecule has 98 valence electrons. The number of likely N-dealkylation sites (tertiary alicyclic amines) is 1. The Morgan fingerprint density at radius 1 is 1.22 bits per heavy atom. The molecule has 1 aromatic rings. The average Bonchev–Trinajstić information content (AvgIpc) is 2.40. The number of nitrogens with one attached hydrogen (secondary N) is 1. The Morgan fingerprint density at radius 2 is 1.94 bits per heavy atom. The van der Waals surface area contributed by atoms with E-state index in [2.05, 4.69) is 26.1 Å². The van der Waals surface area contributed by atoms with Gasteiger partial charge in [0.15, 0.2) is 0 Å². The second kappa shape index (κ2) is 6.90. The molecule has 1 aromatic carbocycles. The molecule has 0 atom stereocenters. The van der Waals surface area contributed by atoms with E-state index < -0.39 is 0 Å². The highest BCUT2D eigenvalue weighted by Crippen LogP contribution is 2.15. The van der Waals surface area contributed by atoms with Gasteiger partial charge in [0.05, 0.1) is 5.56 Å². The molecule has 0 spiro atoms. The van der Waals surface area contributed by atoms with E-state index in [1.807, 2.05) is 24.3 Å². The zero-order valence-corrected chi connectivity index (χ0v) is 12.1. The third kappa shape index (κ3) is 3.82. The Kier molecular flexibility index (Phi) is 5.20. The van der Waals surface area contributed by atoms with Gasteiger partial charge in [0, 0.05) is 17.6 Å². The molecule has 4 heteroatoms. The molecule has 1 aliphatic rings. The highest BCUT2D eigenvalue weighted by atomic mass is 79.9. The van der Waals surface area contributed by atoms with Gasteiger partial charge in [-0.05, 0) is 54.0 Å². The summed E-state index contributed by atoms with van der Waals surface area (Å²) >= 11 is 3.39. The first kappa shape index (κ1) is 13.6. The molecule has 0 bridgehead atoms. The smallest absolute Gasteiger partial charge is 0.252 e. The quantitative estimate of drug-likeness (QED) is 0.927. The fraction of sp³-hybridized carbons (Fsp3) is 0.500. The highest BCUT2D eigenvalue weighted by Gasteiger charge is 2.11. The van der Waals surface area contributed by atoms with E-state index in [0.29, 0.717) is 5.56 Å². The van der Waals surface area contributed by atoms with Crippen molar-refractivity contribution in [2.24, 2.45) is 0 Å². The van der Waals surface area contributed by atoms with Crippen molar-refractivity contribution in [1.82, 2.24) is 10.2 Å². The monoisotopic (exact) mass is 310 g/mol. The van der Waals surface area contributed by atoms with E-state index in [1.165, 1.54) is 32.4 Å². The lowest BCUT2D eigenvalue weighted by molar-refractivity contribution is 0.0946. The van der Waals surface area contributed by atoms with Crippen LogP contribution in [0.1, 0.15) is 29.6 Å². The average molecular weight is 311 g/mol. The largest absolute Gasteiger partial charge is 0.351 e. The van der Waals surface area contributed by atoms with Gasteiger partial charge in [-0.1, -0.05) is 18.6 Å². The van der Waals surface area contributed by atoms with Crippen LogP contribution in [0.4, 0.5) is 0 Å². The van der Waals surface area contributed by atoms with Crippen molar-refractivity contribution in [2.45, 2.75) is 19.3 Å². The van der Waals surface area contributed by atoms with Crippen LogP contribution in [0.2, 0.25) is 0 Å². The van der Waals surface area contributed by atoms with Crippen LogP contribution in [0, 0.1) is 0 Å². The molecule has 3 nitrogen and oxygen atoms in total. The minimum atomic E-state index is -0.000477. The SMILES string of the molecule is O=C(NCCN1CCCCC1)c1ccccc1Br.